The zero-order valence-electron chi connectivity index (χ0n) is 18.7. The fourth-order valence-corrected chi connectivity index (χ4v) is 5.05. The number of anilines is 1. The molecule has 2 aromatic carbocycles. The van der Waals surface area contributed by atoms with Gasteiger partial charge < -0.3 is 14.4 Å². The highest BCUT2D eigenvalue weighted by atomic mass is 32.1. The summed E-state index contributed by atoms with van der Waals surface area (Å²) in [6.07, 6.45) is 0.784. The van der Waals surface area contributed by atoms with E-state index in [1.165, 1.54) is 17.7 Å². The second-order valence-electron chi connectivity index (χ2n) is 7.77. The van der Waals surface area contributed by atoms with E-state index in [2.05, 4.69) is 11.0 Å². The molecule has 33 heavy (non-hydrogen) atoms. The Hall–Kier alpha value is -3.43. The van der Waals surface area contributed by atoms with Crippen LogP contribution in [-0.4, -0.2) is 50.1 Å². The summed E-state index contributed by atoms with van der Waals surface area (Å²) in [5.74, 6) is 1.27. The maximum atomic E-state index is 13.2. The van der Waals surface area contributed by atoms with E-state index in [1.807, 2.05) is 23.6 Å². The molecule has 1 amide bonds. The molecule has 0 bridgehead atoms. The standard InChI is InChI=1S/C24H25N3O5S/c1-25(17-6-8-18(9-7-17)27(29)30)23(28)15-26-11-10-16-13-20(31-2)21(32-3)14-19(16)24(26)22-5-4-12-33-22/h4-9,12-14,24H,10-11,15H2,1-3H3/t24-/m0/s1. The second-order valence-corrected chi connectivity index (χ2v) is 8.75. The molecular weight excluding hydrogens is 442 g/mol. The molecule has 9 heteroatoms. The Morgan fingerprint density at radius 1 is 1.18 bits per heavy atom. The first-order valence-electron chi connectivity index (χ1n) is 10.5. The van der Waals surface area contributed by atoms with Crippen LogP contribution in [0.1, 0.15) is 22.0 Å². The molecule has 0 saturated carbocycles. The lowest BCUT2D eigenvalue weighted by Gasteiger charge is -2.37. The minimum Gasteiger partial charge on any atom is -0.493 e. The maximum Gasteiger partial charge on any atom is 0.269 e. The Morgan fingerprint density at radius 3 is 2.48 bits per heavy atom. The topological polar surface area (TPSA) is 85.2 Å². The summed E-state index contributed by atoms with van der Waals surface area (Å²) in [7, 11) is 4.94. The number of ether oxygens (including phenoxy) is 2. The van der Waals surface area contributed by atoms with Crippen molar-refractivity contribution < 1.29 is 19.2 Å². The number of thiophene rings is 1. The average Bonchev–Trinajstić information content (AvgIpc) is 3.37. The fourth-order valence-electron chi connectivity index (χ4n) is 4.17. The summed E-state index contributed by atoms with van der Waals surface area (Å²) < 4.78 is 11.0. The number of fused-ring (bicyclic) bond motifs is 1. The van der Waals surface area contributed by atoms with Gasteiger partial charge in [-0.25, -0.2) is 0 Å². The molecule has 172 valence electrons. The highest BCUT2D eigenvalue weighted by Gasteiger charge is 2.33. The third-order valence-electron chi connectivity index (χ3n) is 5.95. The van der Waals surface area contributed by atoms with E-state index in [0.717, 1.165) is 16.9 Å². The molecule has 1 aliphatic rings. The Bertz CT molecular complexity index is 1150. The van der Waals surface area contributed by atoms with Crippen LogP contribution < -0.4 is 14.4 Å². The van der Waals surface area contributed by atoms with Gasteiger partial charge in [0.05, 0.1) is 31.7 Å². The van der Waals surface area contributed by atoms with Crippen molar-refractivity contribution in [2.75, 3.05) is 39.3 Å². The highest BCUT2D eigenvalue weighted by molar-refractivity contribution is 7.10. The monoisotopic (exact) mass is 467 g/mol. The lowest BCUT2D eigenvalue weighted by Crippen LogP contribution is -2.43. The van der Waals surface area contributed by atoms with Crippen LogP contribution in [0.25, 0.3) is 0 Å². The summed E-state index contributed by atoms with van der Waals surface area (Å²) in [5, 5.41) is 13.0. The van der Waals surface area contributed by atoms with Crippen molar-refractivity contribution in [3.05, 3.63) is 80.0 Å². The van der Waals surface area contributed by atoms with Gasteiger partial charge in [-0.3, -0.25) is 19.8 Å². The minimum atomic E-state index is -0.453. The van der Waals surface area contributed by atoms with Gasteiger partial charge in [0.2, 0.25) is 5.91 Å². The number of hydrogen-bond donors (Lipinski definition) is 0. The van der Waals surface area contributed by atoms with Gasteiger partial charge in [-0.15, -0.1) is 11.3 Å². The van der Waals surface area contributed by atoms with Crippen molar-refractivity contribution >= 4 is 28.6 Å². The molecule has 0 aliphatic carbocycles. The van der Waals surface area contributed by atoms with E-state index in [9.17, 15) is 14.9 Å². The second kappa shape index (κ2) is 9.60. The Kier molecular flexibility index (Phi) is 6.62. The van der Waals surface area contributed by atoms with E-state index in [0.29, 0.717) is 23.7 Å². The predicted molar refractivity (Wildman–Crippen MR) is 127 cm³/mol. The van der Waals surface area contributed by atoms with E-state index >= 15 is 0 Å². The van der Waals surface area contributed by atoms with Crippen LogP contribution in [0.4, 0.5) is 11.4 Å². The van der Waals surface area contributed by atoms with Crippen LogP contribution in [0.15, 0.2) is 53.9 Å². The first-order valence-corrected chi connectivity index (χ1v) is 11.3. The lowest BCUT2D eigenvalue weighted by molar-refractivity contribution is -0.384. The molecular formula is C24H25N3O5S. The number of nitrogens with zero attached hydrogens (tertiary/aromatic N) is 3. The molecule has 0 spiro atoms. The largest absolute Gasteiger partial charge is 0.493 e. The van der Waals surface area contributed by atoms with E-state index in [4.69, 9.17) is 9.47 Å². The van der Waals surface area contributed by atoms with Crippen molar-refractivity contribution in [1.82, 2.24) is 4.90 Å². The number of carbonyl (C=O) groups excluding carboxylic acids is 1. The zero-order valence-corrected chi connectivity index (χ0v) is 19.5. The summed E-state index contributed by atoms with van der Waals surface area (Å²) in [6, 6.07) is 14.0. The molecule has 0 unspecified atom stereocenters. The average molecular weight is 468 g/mol. The Balaban J connectivity index is 1.62. The lowest BCUT2D eigenvalue weighted by atomic mass is 9.91. The molecule has 1 atom stereocenters. The first kappa shape index (κ1) is 22.8. The van der Waals surface area contributed by atoms with E-state index < -0.39 is 4.92 Å². The molecule has 3 aromatic rings. The normalized spacial score (nSPS) is 15.5. The fraction of sp³-hybridized carbons (Fsp3) is 0.292. The van der Waals surface area contributed by atoms with Gasteiger partial charge in [-0.05, 0) is 53.3 Å². The molecule has 1 aliphatic heterocycles. The minimum absolute atomic E-state index is 0.00521. The zero-order chi connectivity index (χ0) is 23.5. The van der Waals surface area contributed by atoms with Gasteiger partial charge in [0.1, 0.15) is 0 Å². The predicted octanol–water partition coefficient (Wildman–Crippen LogP) is 4.28. The van der Waals surface area contributed by atoms with Crippen LogP contribution in [0.3, 0.4) is 0 Å². The van der Waals surface area contributed by atoms with E-state index in [1.54, 1.807) is 49.6 Å². The molecule has 8 nitrogen and oxygen atoms in total. The third-order valence-corrected chi connectivity index (χ3v) is 6.87. The van der Waals surface area contributed by atoms with E-state index in [-0.39, 0.29) is 24.2 Å². The number of amides is 1. The molecule has 1 aromatic heterocycles. The van der Waals surface area contributed by atoms with Gasteiger partial charge >= 0.3 is 0 Å². The van der Waals surface area contributed by atoms with Gasteiger partial charge in [0.25, 0.3) is 5.69 Å². The first-order chi connectivity index (χ1) is 15.9. The number of carbonyl (C=O) groups is 1. The van der Waals surface area contributed by atoms with Crippen LogP contribution in [-0.2, 0) is 11.2 Å². The molecule has 4 rings (SSSR count). The van der Waals surface area contributed by atoms with Crippen molar-refractivity contribution in [3.63, 3.8) is 0 Å². The number of non-ortho nitro benzene ring substituents is 1. The summed E-state index contributed by atoms with van der Waals surface area (Å²) in [4.78, 5) is 28.5. The highest BCUT2D eigenvalue weighted by Crippen LogP contribution is 2.42. The molecule has 0 N–H and O–H groups in total. The summed E-state index contributed by atoms with van der Waals surface area (Å²) >= 11 is 1.65. The van der Waals surface area contributed by atoms with Crippen molar-refractivity contribution in [1.29, 1.82) is 0 Å². The maximum absolute atomic E-state index is 13.2. The molecule has 0 fully saturated rings. The van der Waals surface area contributed by atoms with Gasteiger partial charge in [-0.1, -0.05) is 6.07 Å². The van der Waals surface area contributed by atoms with Gasteiger partial charge in [-0.2, -0.15) is 0 Å². The van der Waals surface area contributed by atoms with Crippen LogP contribution in [0.2, 0.25) is 0 Å². The van der Waals surface area contributed by atoms with Gasteiger partial charge in [0, 0.05) is 36.3 Å². The number of hydrogen-bond acceptors (Lipinski definition) is 7. The van der Waals surface area contributed by atoms with Crippen molar-refractivity contribution in [3.8, 4) is 11.5 Å². The number of methoxy groups -OCH3 is 2. The Labute approximate surface area is 196 Å². The Morgan fingerprint density at radius 2 is 1.88 bits per heavy atom. The number of nitro groups is 1. The number of nitro benzene ring substituents is 1. The summed E-state index contributed by atoms with van der Waals surface area (Å²) in [5.41, 5.74) is 2.89. The SMILES string of the molecule is COc1cc2c(cc1OC)[C@@H](c1cccs1)N(CC(=O)N(C)c1ccc([N+](=O)[O-])cc1)CC2. The number of benzene rings is 2. The molecule has 2 heterocycles. The van der Waals surface area contributed by atoms with Gasteiger partial charge in [0.15, 0.2) is 11.5 Å². The molecule has 0 radical (unpaired) electrons. The van der Waals surface area contributed by atoms with Crippen LogP contribution in [0.5, 0.6) is 11.5 Å². The summed E-state index contributed by atoms with van der Waals surface area (Å²) in [6.45, 7) is 0.925. The smallest absolute Gasteiger partial charge is 0.269 e. The quantitative estimate of drug-likeness (QED) is 0.381. The van der Waals surface area contributed by atoms with Crippen LogP contribution in [0, 0.1) is 10.1 Å². The number of likely N-dealkylation sites (N-methyl/N-ethyl adjacent to an activating group) is 1. The third kappa shape index (κ3) is 4.55. The molecule has 0 saturated heterocycles. The van der Waals surface area contributed by atoms with Crippen molar-refractivity contribution in [2.45, 2.75) is 12.5 Å². The van der Waals surface area contributed by atoms with Crippen molar-refractivity contribution in [2.24, 2.45) is 0 Å². The number of rotatable bonds is 7. The van der Waals surface area contributed by atoms with Crippen LogP contribution >= 0.6 is 11.3 Å².